The minimum absolute atomic E-state index is 0.0837. The maximum atomic E-state index is 13.6. The Bertz CT molecular complexity index is 878. The van der Waals surface area contributed by atoms with Crippen molar-refractivity contribution in [2.24, 2.45) is 16.7 Å². The van der Waals surface area contributed by atoms with Crippen LogP contribution < -0.4 is 5.32 Å². The summed E-state index contributed by atoms with van der Waals surface area (Å²) < 4.78 is -0.0340. The fourth-order valence-corrected chi connectivity index (χ4v) is 6.32. The van der Waals surface area contributed by atoms with Gasteiger partial charge in [0.15, 0.2) is 0 Å². The molecule has 0 aliphatic heterocycles. The SMILES string of the molecule is CCCNC(=O)C(C)(CC(C)C(C)(C)C(C)(C#N)SC(=S)c1ccccc1)C(C)(C)[B]C(C)C. The van der Waals surface area contributed by atoms with Crippen LogP contribution in [0.5, 0.6) is 0 Å². The lowest BCUT2D eigenvalue weighted by Crippen LogP contribution is -2.52. The Kier molecular flexibility index (Phi) is 10.9. The average Bonchev–Trinajstić information content (AvgIpc) is 2.76. The van der Waals surface area contributed by atoms with Crippen LogP contribution in [0.4, 0.5) is 0 Å². The average molecular weight is 500 g/mol. The van der Waals surface area contributed by atoms with Gasteiger partial charge in [-0.15, -0.1) is 0 Å². The van der Waals surface area contributed by atoms with Crippen molar-refractivity contribution in [2.75, 3.05) is 6.54 Å². The van der Waals surface area contributed by atoms with E-state index in [-0.39, 0.29) is 17.1 Å². The molecule has 0 saturated carbocycles. The van der Waals surface area contributed by atoms with Crippen LogP contribution in [0.15, 0.2) is 30.3 Å². The van der Waals surface area contributed by atoms with E-state index in [0.717, 1.165) is 16.2 Å². The lowest BCUT2D eigenvalue weighted by atomic mass is 9.38. The molecule has 0 aromatic heterocycles. The van der Waals surface area contributed by atoms with Crippen molar-refractivity contribution in [2.45, 2.75) is 98.0 Å². The molecule has 3 unspecified atom stereocenters. The Morgan fingerprint density at radius 2 is 1.68 bits per heavy atom. The second kappa shape index (κ2) is 12.1. The molecule has 1 aromatic rings. The van der Waals surface area contributed by atoms with Crippen LogP contribution in [0, 0.1) is 28.1 Å². The highest BCUT2D eigenvalue weighted by atomic mass is 32.2. The van der Waals surface area contributed by atoms with Crippen molar-refractivity contribution in [3.63, 3.8) is 0 Å². The van der Waals surface area contributed by atoms with Gasteiger partial charge in [-0.3, -0.25) is 4.79 Å². The smallest absolute Gasteiger partial charge is 0.225 e. The van der Waals surface area contributed by atoms with Gasteiger partial charge in [-0.05, 0) is 42.0 Å². The van der Waals surface area contributed by atoms with Crippen molar-refractivity contribution in [1.29, 1.82) is 5.26 Å². The Balaban J connectivity index is 3.32. The first-order valence-corrected chi connectivity index (χ1v) is 13.6. The van der Waals surface area contributed by atoms with Crippen LogP contribution in [0.1, 0.15) is 87.6 Å². The first kappa shape index (κ1) is 30.7. The van der Waals surface area contributed by atoms with Crippen LogP contribution in [0.3, 0.4) is 0 Å². The fraction of sp³-hybridized carbons (Fsp3) is 0.679. The van der Waals surface area contributed by atoms with Crippen molar-refractivity contribution >= 4 is 41.4 Å². The zero-order valence-corrected chi connectivity index (χ0v) is 24.5. The first-order valence-electron chi connectivity index (χ1n) is 12.4. The highest BCUT2D eigenvalue weighted by Gasteiger charge is 2.53. The number of carbonyl (C=O) groups is 1. The van der Waals surface area contributed by atoms with Crippen LogP contribution >= 0.6 is 24.0 Å². The molecule has 1 radical (unpaired) electrons. The number of nitriles is 1. The number of hydrogen-bond donors (Lipinski definition) is 1. The topological polar surface area (TPSA) is 52.9 Å². The monoisotopic (exact) mass is 499 g/mol. The molecular weight excluding hydrogens is 455 g/mol. The molecule has 0 spiro atoms. The molecule has 3 atom stereocenters. The zero-order valence-electron chi connectivity index (χ0n) is 22.9. The maximum absolute atomic E-state index is 13.6. The molecule has 3 nitrogen and oxygen atoms in total. The van der Waals surface area contributed by atoms with Gasteiger partial charge in [-0.2, -0.15) is 5.26 Å². The van der Waals surface area contributed by atoms with Crippen LogP contribution in [0.2, 0.25) is 11.1 Å². The number of nitrogens with one attached hydrogen (secondary N) is 1. The molecule has 1 rings (SSSR count). The molecule has 0 fully saturated rings. The van der Waals surface area contributed by atoms with Crippen molar-refractivity contribution in [3.8, 4) is 6.07 Å². The number of thiocarbonyl (C=S) groups is 1. The van der Waals surface area contributed by atoms with E-state index in [1.165, 1.54) is 11.8 Å². The molecule has 1 N–H and O–H groups in total. The lowest BCUT2D eigenvalue weighted by Gasteiger charge is -2.50. The molecule has 1 amide bonds. The van der Waals surface area contributed by atoms with Crippen LogP contribution in [-0.2, 0) is 4.79 Å². The number of rotatable bonds is 12. The summed E-state index contributed by atoms with van der Waals surface area (Å²) >= 11 is 7.20. The lowest BCUT2D eigenvalue weighted by molar-refractivity contribution is -0.133. The van der Waals surface area contributed by atoms with Gasteiger partial charge in [0.25, 0.3) is 0 Å². The number of carbonyl (C=O) groups excluding carboxylic acids is 1. The van der Waals surface area contributed by atoms with Crippen molar-refractivity contribution in [1.82, 2.24) is 5.32 Å². The molecule has 6 heteroatoms. The predicted octanol–water partition coefficient (Wildman–Crippen LogP) is 7.69. The number of hydrogen-bond acceptors (Lipinski definition) is 4. The van der Waals surface area contributed by atoms with Gasteiger partial charge in [0.05, 0.1) is 10.3 Å². The van der Waals surface area contributed by atoms with E-state index in [0.29, 0.717) is 18.8 Å². The summed E-state index contributed by atoms with van der Waals surface area (Å²) in [5.41, 5.74) is -0.0703. The number of thioether (sulfide) groups is 1. The summed E-state index contributed by atoms with van der Waals surface area (Å²) in [5, 5.41) is 13.2. The summed E-state index contributed by atoms with van der Waals surface area (Å²) in [6.45, 7) is 21.9. The summed E-state index contributed by atoms with van der Waals surface area (Å²) in [5.74, 6) is 0.533. The highest BCUT2D eigenvalue weighted by Crippen LogP contribution is 2.56. The summed E-state index contributed by atoms with van der Waals surface area (Å²) in [4.78, 5) is 13.6. The second-order valence-electron chi connectivity index (χ2n) is 11.4. The molecular formula is C28H44BN2OS2. The molecule has 0 saturated heterocycles. The number of amides is 1. The van der Waals surface area contributed by atoms with Crippen LogP contribution in [0.25, 0.3) is 0 Å². The van der Waals surface area contributed by atoms with E-state index in [1.54, 1.807) is 0 Å². The van der Waals surface area contributed by atoms with Gasteiger partial charge < -0.3 is 5.32 Å². The van der Waals surface area contributed by atoms with Crippen LogP contribution in [-0.4, -0.2) is 28.7 Å². The van der Waals surface area contributed by atoms with Crippen molar-refractivity contribution in [3.05, 3.63) is 35.9 Å². The Morgan fingerprint density at radius 3 is 2.15 bits per heavy atom. The minimum atomic E-state index is -0.758. The van der Waals surface area contributed by atoms with E-state index in [1.807, 2.05) is 37.3 Å². The summed E-state index contributed by atoms with van der Waals surface area (Å²) in [6, 6.07) is 12.5. The summed E-state index contributed by atoms with van der Waals surface area (Å²) in [7, 11) is 2.29. The molecule has 34 heavy (non-hydrogen) atoms. The highest BCUT2D eigenvalue weighted by molar-refractivity contribution is 8.24. The van der Waals surface area contributed by atoms with E-state index in [2.05, 4.69) is 81.0 Å². The summed E-state index contributed by atoms with van der Waals surface area (Å²) in [6.07, 6.45) is 1.57. The third kappa shape index (κ3) is 6.88. The van der Waals surface area contributed by atoms with Gasteiger partial charge in [-0.25, -0.2) is 0 Å². The molecule has 187 valence electrons. The standard InChI is InChI=1S/C28H44BN2OS2/c1-11-17-31-24(32)27(9,26(7,8)29-20(2)3)18-21(4)25(5,6)28(10,19-30)34-23(33)22-15-13-12-14-16-22/h12-16,20-21H,11,17-18H2,1-10H3,(H,31,32). The van der Waals surface area contributed by atoms with Gasteiger partial charge in [0, 0.05) is 12.0 Å². The Hall–Kier alpha value is -1.32. The first-order chi connectivity index (χ1) is 15.6. The molecule has 0 bridgehead atoms. The van der Waals surface area contributed by atoms with E-state index in [9.17, 15) is 10.1 Å². The van der Waals surface area contributed by atoms with Gasteiger partial charge in [0.2, 0.25) is 5.91 Å². The fourth-order valence-electron chi connectivity index (χ4n) is 4.55. The number of nitrogens with zero attached hydrogens (tertiary/aromatic N) is 1. The Labute approximate surface area is 219 Å². The maximum Gasteiger partial charge on any atom is 0.225 e. The van der Waals surface area contributed by atoms with E-state index in [4.69, 9.17) is 12.2 Å². The van der Waals surface area contributed by atoms with Gasteiger partial charge in [-0.1, -0.05) is 122 Å². The molecule has 0 aliphatic rings. The zero-order chi connectivity index (χ0) is 26.4. The molecule has 0 aliphatic carbocycles. The van der Waals surface area contributed by atoms with E-state index >= 15 is 0 Å². The van der Waals surface area contributed by atoms with Crippen molar-refractivity contribution < 1.29 is 4.79 Å². The van der Waals surface area contributed by atoms with Gasteiger partial charge >= 0.3 is 0 Å². The van der Waals surface area contributed by atoms with E-state index < -0.39 is 15.6 Å². The predicted molar refractivity (Wildman–Crippen MR) is 154 cm³/mol. The largest absolute Gasteiger partial charge is 0.356 e. The normalized spacial score (nSPS) is 16.6. The third-order valence-electron chi connectivity index (χ3n) is 7.90. The quantitative estimate of drug-likeness (QED) is 0.237. The molecule has 0 heterocycles. The second-order valence-corrected chi connectivity index (χ2v) is 13.5. The molecule has 1 aromatic carbocycles. The van der Waals surface area contributed by atoms with Gasteiger partial charge in [0.1, 0.15) is 12.0 Å². The third-order valence-corrected chi connectivity index (χ3v) is 9.84. The minimum Gasteiger partial charge on any atom is -0.356 e. The Morgan fingerprint density at radius 1 is 1.12 bits per heavy atom. The number of benzene rings is 1.